The molecule has 0 aromatic carbocycles. The molecule has 0 saturated heterocycles. The van der Waals surface area contributed by atoms with Gasteiger partial charge in [0.05, 0.1) is 11.9 Å². The number of carboxylic acid groups (broad SMARTS) is 1. The molecule has 1 N–H and O–H groups in total. The fraction of sp³-hybridized carbons (Fsp3) is 0.643. The molecule has 0 atom stereocenters. The summed E-state index contributed by atoms with van der Waals surface area (Å²) in [6.45, 7) is 9.62. The molecular weight excluding hydrogens is 242 g/mol. The largest absolute Gasteiger partial charge is 0.476 e. The zero-order valence-corrected chi connectivity index (χ0v) is 12.2. The first-order chi connectivity index (χ1) is 9.01. The number of rotatable bonds is 7. The van der Waals surface area contributed by atoms with Crippen molar-refractivity contribution in [3.05, 3.63) is 17.7 Å². The van der Waals surface area contributed by atoms with Crippen LogP contribution in [-0.2, 0) is 0 Å². The van der Waals surface area contributed by atoms with E-state index in [1.807, 2.05) is 25.7 Å². The summed E-state index contributed by atoms with van der Waals surface area (Å²) in [6.07, 6.45) is 3.74. The van der Waals surface area contributed by atoms with Crippen molar-refractivity contribution in [1.82, 2.24) is 9.97 Å². The van der Waals surface area contributed by atoms with Crippen molar-refractivity contribution < 1.29 is 9.90 Å². The van der Waals surface area contributed by atoms with Gasteiger partial charge >= 0.3 is 5.97 Å². The van der Waals surface area contributed by atoms with Crippen molar-refractivity contribution in [2.75, 3.05) is 18.0 Å². The van der Waals surface area contributed by atoms with E-state index in [0.717, 1.165) is 25.9 Å². The van der Waals surface area contributed by atoms with E-state index in [2.05, 4.69) is 16.9 Å². The van der Waals surface area contributed by atoms with Crippen LogP contribution in [0.1, 0.15) is 62.8 Å². The average Bonchev–Trinajstić information content (AvgIpc) is 2.39. The van der Waals surface area contributed by atoms with Crippen molar-refractivity contribution in [3.8, 4) is 0 Å². The summed E-state index contributed by atoms with van der Waals surface area (Å²) in [5.74, 6) is -0.292. The number of nitrogens with zero attached hydrogens (tertiary/aromatic N) is 3. The lowest BCUT2D eigenvalue weighted by molar-refractivity contribution is 0.0690. The molecule has 0 aliphatic carbocycles. The highest BCUT2D eigenvalue weighted by molar-refractivity contribution is 5.92. The predicted octanol–water partition coefficient (Wildman–Crippen LogP) is 2.92. The number of carbonyl (C=O) groups is 1. The smallest absolute Gasteiger partial charge is 0.356 e. The molecule has 1 aromatic rings. The van der Waals surface area contributed by atoms with E-state index in [0.29, 0.717) is 11.5 Å². The van der Waals surface area contributed by atoms with Gasteiger partial charge < -0.3 is 10.0 Å². The number of unbranched alkanes of at least 4 members (excludes halogenated alkanes) is 1. The Morgan fingerprint density at radius 3 is 2.58 bits per heavy atom. The van der Waals surface area contributed by atoms with E-state index in [9.17, 15) is 9.90 Å². The van der Waals surface area contributed by atoms with Gasteiger partial charge in [-0.05, 0) is 13.3 Å². The topological polar surface area (TPSA) is 66.3 Å². The standard InChI is InChI=1S/C14H23N3O2/c1-5-7-8-17(6-2)11-9-15-13(10(3)4)16-12(11)14(18)19/h9-10H,5-8H2,1-4H3,(H,18,19). The van der Waals surface area contributed by atoms with Gasteiger partial charge in [0, 0.05) is 19.0 Å². The van der Waals surface area contributed by atoms with Gasteiger partial charge in [0.15, 0.2) is 5.69 Å². The van der Waals surface area contributed by atoms with Crippen LogP contribution in [-0.4, -0.2) is 34.1 Å². The Bertz CT molecular complexity index is 433. The summed E-state index contributed by atoms with van der Waals surface area (Å²) in [6, 6.07) is 0. The monoisotopic (exact) mass is 265 g/mol. The minimum Gasteiger partial charge on any atom is -0.476 e. The van der Waals surface area contributed by atoms with Gasteiger partial charge in [-0.15, -0.1) is 0 Å². The highest BCUT2D eigenvalue weighted by atomic mass is 16.4. The molecule has 1 aromatic heterocycles. The predicted molar refractivity (Wildman–Crippen MR) is 75.9 cm³/mol. The quantitative estimate of drug-likeness (QED) is 0.821. The molecule has 0 aliphatic rings. The first-order valence-corrected chi connectivity index (χ1v) is 6.86. The molecule has 0 fully saturated rings. The number of hydrogen-bond acceptors (Lipinski definition) is 4. The van der Waals surface area contributed by atoms with Crippen LogP contribution in [0.25, 0.3) is 0 Å². The van der Waals surface area contributed by atoms with Gasteiger partial charge in [0.1, 0.15) is 5.82 Å². The zero-order valence-electron chi connectivity index (χ0n) is 12.2. The lowest BCUT2D eigenvalue weighted by Crippen LogP contribution is -2.27. The molecule has 0 unspecified atom stereocenters. The van der Waals surface area contributed by atoms with Crippen LogP contribution in [0.2, 0.25) is 0 Å². The van der Waals surface area contributed by atoms with Crippen molar-refractivity contribution in [2.45, 2.75) is 46.5 Å². The van der Waals surface area contributed by atoms with E-state index in [4.69, 9.17) is 0 Å². The summed E-state index contributed by atoms with van der Waals surface area (Å²) >= 11 is 0. The highest BCUT2D eigenvalue weighted by Crippen LogP contribution is 2.21. The zero-order chi connectivity index (χ0) is 14.4. The Kier molecular flexibility index (Phi) is 5.73. The van der Waals surface area contributed by atoms with E-state index >= 15 is 0 Å². The van der Waals surface area contributed by atoms with Crippen LogP contribution < -0.4 is 4.90 Å². The molecule has 0 aliphatic heterocycles. The van der Waals surface area contributed by atoms with Crippen LogP contribution in [0.15, 0.2) is 6.20 Å². The van der Waals surface area contributed by atoms with Crippen LogP contribution in [0, 0.1) is 0 Å². The molecule has 0 spiro atoms. The van der Waals surface area contributed by atoms with Crippen molar-refractivity contribution in [3.63, 3.8) is 0 Å². The number of anilines is 1. The summed E-state index contributed by atoms with van der Waals surface area (Å²) in [7, 11) is 0. The van der Waals surface area contributed by atoms with Gasteiger partial charge in [0.2, 0.25) is 0 Å². The molecule has 19 heavy (non-hydrogen) atoms. The van der Waals surface area contributed by atoms with Crippen LogP contribution in [0.5, 0.6) is 0 Å². The summed E-state index contributed by atoms with van der Waals surface area (Å²) in [5, 5.41) is 9.32. The summed E-state index contributed by atoms with van der Waals surface area (Å²) < 4.78 is 0. The molecule has 106 valence electrons. The molecular formula is C14H23N3O2. The number of hydrogen-bond donors (Lipinski definition) is 1. The Morgan fingerprint density at radius 1 is 1.42 bits per heavy atom. The Labute approximate surface area is 114 Å². The van der Waals surface area contributed by atoms with Gasteiger partial charge in [0.25, 0.3) is 0 Å². The summed E-state index contributed by atoms with van der Waals surface area (Å²) in [5.41, 5.74) is 0.726. The second kappa shape index (κ2) is 7.07. The van der Waals surface area contributed by atoms with E-state index in [1.165, 1.54) is 0 Å². The molecule has 5 nitrogen and oxygen atoms in total. The fourth-order valence-corrected chi connectivity index (χ4v) is 1.85. The third kappa shape index (κ3) is 3.91. The van der Waals surface area contributed by atoms with Crippen molar-refractivity contribution in [2.24, 2.45) is 0 Å². The lowest BCUT2D eigenvalue weighted by Gasteiger charge is -2.24. The Morgan fingerprint density at radius 2 is 2.11 bits per heavy atom. The molecule has 1 rings (SSSR count). The SMILES string of the molecule is CCCCN(CC)c1cnc(C(C)C)nc1C(=O)O. The first-order valence-electron chi connectivity index (χ1n) is 6.86. The summed E-state index contributed by atoms with van der Waals surface area (Å²) in [4.78, 5) is 21.9. The molecule has 0 radical (unpaired) electrons. The normalized spacial score (nSPS) is 10.8. The van der Waals surface area contributed by atoms with Gasteiger partial charge in [-0.1, -0.05) is 27.2 Å². The van der Waals surface area contributed by atoms with Crippen LogP contribution in [0.3, 0.4) is 0 Å². The first kappa shape index (κ1) is 15.4. The molecule has 0 saturated carbocycles. The Balaban J connectivity index is 3.14. The maximum atomic E-state index is 11.4. The Hall–Kier alpha value is -1.65. The van der Waals surface area contributed by atoms with E-state index in [1.54, 1.807) is 6.20 Å². The molecule has 0 amide bonds. The minimum absolute atomic E-state index is 0.108. The third-order valence-electron chi connectivity index (χ3n) is 3.01. The van der Waals surface area contributed by atoms with Gasteiger partial charge in [-0.3, -0.25) is 0 Å². The van der Waals surface area contributed by atoms with Gasteiger partial charge in [-0.2, -0.15) is 0 Å². The van der Waals surface area contributed by atoms with Gasteiger partial charge in [-0.25, -0.2) is 14.8 Å². The number of aromatic nitrogens is 2. The van der Waals surface area contributed by atoms with Crippen LogP contribution >= 0.6 is 0 Å². The molecule has 1 heterocycles. The van der Waals surface area contributed by atoms with Crippen molar-refractivity contribution in [1.29, 1.82) is 0 Å². The van der Waals surface area contributed by atoms with Crippen molar-refractivity contribution >= 4 is 11.7 Å². The lowest BCUT2D eigenvalue weighted by atomic mass is 10.2. The molecule has 5 heteroatoms. The fourth-order valence-electron chi connectivity index (χ4n) is 1.85. The second-order valence-corrected chi connectivity index (χ2v) is 4.86. The maximum Gasteiger partial charge on any atom is 0.356 e. The maximum absolute atomic E-state index is 11.4. The van der Waals surface area contributed by atoms with E-state index < -0.39 is 5.97 Å². The van der Waals surface area contributed by atoms with E-state index in [-0.39, 0.29) is 11.6 Å². The number of aromatic carboxylic acids is 1. The number of carboxylic acids is 1. The second-order valence-electron chi connectivity index (χ2n) is 4.86. The minimum atomic E-state index is -0.991. The average molecular weight is 265 g/mol. The third-order valence-corrected chi connectivity index (χ3v) is 3.01. The van der Waals surface area contributed by atoms with Crippen LogP contribution in [0.4, 0.5) is 5.69 Å². The highest BCUT2D eigenvalue weighted by Gasteiger charge is 2.19. The molecule has 0 bridgehead atoms.